The van der Waals surface area contributed by atoms with Gasteiger partial charge in [-0.1, -0.05) is 36.4 Å². The fourth-order valence-corrected chi connectivity index (χ4v) is 2.97. The zero-order valence-corrected chi connectivity index (χ0v) is 18.1. The van der Waals surface area contributed by atoms with E-state index in [9.17, 15) is 18.0 Å². The molecule has 0 atom stereocenters. The summed E-state index contributed by atoms with van der Waals surface area (Å²) in [5.74, 6) is 0.740. The molecule has 2 N–H and O–H groups in total. The van der Waals surface area contributed by atoms with Crippen molar-refractivity contribution in [3.05, 3.63) is 89.5 Å². The molecule has 0 heterocycles. The molecule has 3 aromatic rings. The standard InChI is InChI=1S/C25H22F3N3O3/c26-25(27,28)17-34-23-6-2-3-19(14-23)15-30-24(32)31-21-5-1-4-20(13-21)16-33-22-9-7-18(8-10-22)11-12-29/h1-10,13-14H,11,15-17H2,(H2,30,31,32). The van der Waals surface area contributed by atoms with E-state index in [0.29, 0.717) is 30.0 Å². The molecule has 3 aromatic carbocycles. The fourth-order valence-electron chi connectivity index (χ4n) is 2.97. The molecule has 0 bridgehead atoms. The number of nitriles is 1. The summed E-state index contributed by atoms with van der Waals surface area (Å²) in [6.45, 7) is -0.976. The van der Waals surface area contributed by atoms with Gasteiger partial charge in [-0.05, 0) is 53.1 Å². The van der Waals surface area contributed by atoms with Gasteiger partial charge >= 0.3 is 12.2 Å². The summed E-state index contributed by atoms with van der Waals surface area (Å²) in [5.41, 5.74) is 2.91. The molecule has 0 fully saturated rings. The molecule has 2 amide bonds. The third kappa shape index (κ3) is 8.39. The Bertz CT molecular complexity index is 1140. The Morgan fingerprint density at radius 1 is 0.882 bits per heavy atom. The SMILES string of the molecule is N#CCc1ccc(OCc2cccc(NC(=O)NCc3cccc(OCC(F)(F)F)c3)c2)cc1. The van der Waals surface area contributed by atoms with Gasteiger partial charge < -0.3 is 20.1 Å². The van der Waals surface area contributed by atoms with Crippen LogP contribution in [0.5, 0.6) is 11.5 Å². The molecule has 0 saturated heterocycles. The van der Waals surface area contributed by atoms with E-state index in [2.05, 4.69) is 16.7 Å². The van der Waals surface area contributed by atoms with Crippen LogP contribution in [-0.4, -0.2) is 18.8 Å². The smallest absolute Gasteiger partial charge is 0.422 e. The van der Waals surface area contributed by atoms with Crippen LogP contribution in [0.4, 0.5) is 23.7 Å². The summed E-state index contributed by atoms with van der Waals surface area (Å²) >= 11 is 0. The number of rotatable bonds is 9. The second kappa shape index (κ2) is 11.6. The molecule has 9 heteroatoms. The molecule has 3 rings (SSSR count). The highest BCUT2D eigenvalue weighted by Gasteiger charge is 2.28. The second-order valence-corrected chi connectivity index (χ2v) is 7.33. The van der Waals surface area contributed by atoms with Crippen molar-refractivity contribution in [1.82, 2.24) is 5.32 Å². The van der Waals surface area contributed by atoms with E-state index in [-0.39, 0.29) is 12.3 Å². The number of halogens is 3. The van der Waals surface area contributed by atoms with Gasteiger partial charge in [0.15, 0.2) is 6.61 Å². The molecule has 0 unspecified atom stereocenters. The van der Waals surface area contributed by atoms with E-state index in [0.717, 1.165) is 11.1 Å². The Morgan fingerprint density at radius 2 is 1.62 bits per heavy atom. The van der Waals surface area contributed by atoms with Gasteiger partial charge in [0.05, 0.1) is 12.5 Å². The predicted molar refractivity (Wildman–Crippen MR) is 120 cm³/mol. The fraction of sp³-hybridized carbons (Fsp3) is 0.200. The molecular weight excluding hydrogens is 447 g/mol. The van der Waals surface area contributed by atoms with Gasteiger partial charge in [0.1, 0.15) is 18.1 Å². The van der Waals surface area contributed by atoms with Crippen LogP contribution in [0.2, 0.25) is 0 Å². The lowest BCUT2D eigenvalue weighted by Gasteiger charge is -2.12. The lowest BCUT2D eigenvalue weighted by molar-refractivity contribution is -0.153. The summed E-state index contributed by atoms with van der Waals surface area (Å²) in [7, 11) is 0. The van der Waals surface area contributed by atoms with Gasteiger partial charge in [-0.25, -0.2) is 4.79 Å². The van der Waals surface area contributed by atoms with E-state index in [1.807, 2.05) is 18.2 Å². The van der Waals surface area contributed by atoms with Gasteiger partial charge in [-0.15, -0.1) is 0 Å². The highest BCUT2D eigenvalue weighted by atomic mass is 19.4. The Balaban J connectivity index is 1.48. The van der Waals surface area contributed by atoms with Crippen molar-refractivity contribution < 1.29 is 27.4 Å². The average Bonchev–Trinajstić information content (AvgIpc) is 2.81. The van der Waals surface area contributed by atoms with Gasteiger partial charge in [-0.2, -0.15) is 18.4 Å². The van der Waals surface area contributed by atoms with Crippen molar-refractivity contribution in [1.29, 1.82) is 5.26 Å². The first-order valence-corrected chi connectivity index (χ1v) is 10.3. The van der Waals surface area contributed by atoms with Crippen molar-refractivity contribution in [2.75, 3.05) is 11.9 Å². The lowest BCUT2D eigenvalue weighted by atomic mass is 10.1. The Hall–Kier alpha value is -4.19. The van der Waals surface area contributed by atoms with E-state index in [4.69, 9.17) is 14.7 Å². The lowest BCUT2D eigenvalue weighted by Crippen LogP contribution is -2.28. The maximum absolute atomic E-state index is 12.3. The minimum absolute atomic E-state index is 0.0736. The largest absolute Gasteiger partial charge is 0.489 e. The summed E-state index contributed by atoms with van der Waals surface area (Å²) in [6.07, 6.45) is -4.08. The van der Waals surface area contributed by atoms with Crippen LogP contribution in [-0.2, 0) is 19.6 Å². The number of benzene rings is 3. The number of ether oxygens (including phenoxy) is 2. The molecule has 34 heavy (non-hydrogen) atoms. The van der Waals surface area contributed by atoms with Crippen LogP contribution in [0.15, 0.2) is 72.8 Å². The first-order valence-electron chi connectivity index (χ1n) is 10.3. The average molecular weight is 469 g/mol. The van der Waals surface area contributed by atoms with Crippen LogP contribution < -0.4 is 20.1 Å². The maximum atomic E-state index is 12.3. The van der Waals surface area contributed by atoms with E-state index >= 15 is 0 Å². The molecule has 0 radical (unpaired) electrons. The number of nitrogens with zero attached hydrogens (tertiary/aromatic N) is 1. The predicted octanol–water partition coefficient (Wildman–Crippen LogP) is 5.59. The molecule has 0 saturated carbocycles. The maximum Gasteiger partial charge on any atom is 0.422 e. The van der Waals surface area contributed by atoms with Crippen molar-refractivity contribution in [3.63, 3.8) is 0 Å². The zero-order valence-electron chi connectivity index (χ0n) is 18.1. The normalized spacial score (nSPS) is 10.8. The van der Waals surface area contributed by atoms with Crippen LogP contribution >= 0.6 is 0 Å². The van der Waals surface area contributed by atoms with Crippen molar-refractivity contribution in [2.24, 2.45) is 0 Å². The van der Waals surface area contributed by atoms with Crippen LogP contribution in [0, 0.1) is 11.3 Å². The van der Waals surface area contributed by atoms with E-state index in [1.165, 1.54) is 12.1 Å². The Labute approximate surface area is 194 Å². The molecular formula is C25H22F3N3O3. The van der Waals surface area contributed by atoms with E-state index in [1.54, 1.807) is 42.5 Å². The molecule has 0 aliphatic carbocycles. The van der Waals surface area contributed by atoms with Gasteiger partial charge in [0.2, 0.25) is 0 Å². The van der Waals surface area contributed by atoms with Crippen LogP contribution in [0.1, 0.15) is 16.7 Å². The number of hydrogen-bond acceptors (Lipinski definition) is 4. The quantitative estimate of drug-likeness (QED) is 0.428. The number of anilines is 1. The van der Waals surface area contributed by atoms with Gasteiger partial charge in [0, 0.05) is 12.2 Å². The van der Waals surface area contributed by atoms with Crippen molar-refractivity contribution in [3.8, 4) is 17.6 Å². The number of urea groups is 1. The monoisotopic (exact) mass is 469 g/mol. The summed E-state index contributed by atoms with van der Waals surface area (Å²) in [4.78, 5) is 12.2. The highest BCUT2D eigenvalue weighted by molar-refractivity contribution is 5.89. The summed E-state index contributed by atoms with van der Waals surface area (Å²) < 4.78 is 47.4. The number of carbonyl (C=O) groups excluding carboxylic acids is 1. The molecule has 0 aliphatic heterocycles. The second-order valence-electron chi connectivity index (χ2n) is 7.33. The minimum atomic E-state index is -4.42. The molecule has 0 aliphatic rings. The third-order valence-electron chi connectivity index (χ3n) is 4.55. The zero-order chi connectivity index (χ0) is 24.4. The number of amides is 2. The highest BCUT2D eigenvalue weighted by Crippen LogP contribution is 2.20. The molecule has 176 valence electrons. The van der Waals surface area contributed by atoms with Crippen molar-refractivity contribution in [2.45, 2.75) is 25.7 Å². The third-order valence-corrected chi connectivity index (χ3v) is 4.55. The van der Waals surface area contributed by atoms with E-state index < -0.39 is 18.8 Å². The number of nitrogens with one attached hydrogen (secondary N) is 2. The Morgan fingerprint density at radius 3 is 2.35 bits per heavy atom. The number of alkyl halides is 3. The van der Waals surface area contributed by atoms with Gasteiger partial charge in [-0.3, -0.25) is 0 Å². The minimum Gasteiger partial charge on any atom is -0.489 e. The molecule has 6 nitrogen and oxygen atoms in total. The van der Waals surface area contributed by atoms with Gasteiger partial charge in [0.25, 0.3) is 0 Å². The summed E-state index contributed by atoms with van der Waals surface area (Å²) in [6, 6.07) is 22.1. The number of hydrogen-bond donors (Lipinski definition) is 2. The topological polar surface area (TPSA) is 83.4 Å². The first kappa shape index (κ1) is 24.5. The molecule has 0 aromatic heterocycles. The molecule has 0 spiro atoms. The summed E-state index contributed by atoms with van der Waals surface area (Å²) in [5, 5.41) is 14.1. The van der Waals surface area contributed by atoms with Crippen LogP contribution in [0.25, 0.3) is 0 Å². The number of carbonyl (C=O) groups is 1. The Kier molecular flexibility index (Phi) is 8.35. The first-order chi connectivity index (χ1) is 16.3. The van der Waals surface area contributed by atoms with Crippen molar-refractivity contribution >= 4 is 11.7 Å². The van der Waals surface area contributed by atoms with Crippen LogP contribution in [0.3, 0.4) is 0 Å².